The molecule has 2 N–H and O–H groups in total. The maximum atomic E-state index is 12.5. The van der Waals surface area contributed by atoms with E-state index in [0.29, 0.717) is 29.2 Å². The number of piperidine rings is 1. The quantitative estimate of drug-likeness (QED) is 0.637. The highest BCUT2D eigenvalue weighted by atomic mass is 35.5. The average molecular weight is 307 g/mol. The van der Waals surface area contributed by atoms with E-state index < -0.39 is 0 Å². The minimum absolute atomic E-state index is 0.115. The van der Waals surface area contributed by atoms with Crippen molar-refractivity contribution in [2.45, 2.75) is 44.9 Å². The Morgan fingerprint density at radius 1 is 1.05 bits per heavy atom. The van der Waals surface area contributed by atoms with Crippen LogP contribution in [0, 0.1) is 5.41 Å². The molecule has 2 aliphatic rings. The Morgan fingerprint density at radius 2 is 1.67 bits per heavy atom. The normalized spacial score (nSPS) is 21.9. The Balaban J connectivity index is 1.90. The van der Waals surface area contributed by atoms with Gasteiger partial charge in [-0.15, -0.1) is 0 Å². The van der Waals surface area contributed by atoms with Crippen LogP contribution < -0.4 is 10.6 Å². The molecule has 0 unspecified atom stereocenters. The second kappa shape index (κ2) is 5.34. The summed E-state index contributed by atoms with van der Waals surface area (Å²) in [5.74, 6) is -0.304. The number of carbonyl (C=O) groups is 2. The van der Waals surface area contributed by atoms with E-state index in [1.54, 1.807) is 18.2 Å². The first-order valence-corrected chi connectivity index (χ1v) is 7.79. The van der Waals surface area contributed by atoms with E-state index in [9.17, 15) is 9.59 Å². The molecule has 112 valence electrons. The van der Waals surface area contributed by atoms with E-state index in [1.165, 1.54) is 11.3 Å². The van der Waals surface area contributed by atoms with Crippen molar-refractivity contribution in [1.82, 2.24) is 0 Å². The standard InChI is InChI=1S/C16H19ClN2O2/c17-12-5-4-11(18)8-13(12)19-14(20)9-16(10-15(19)21)6-2-1-3-7-16/h4-5,8H,1-3,6-7,9-10,18H2. The van der Waals surface area contributed by atoms with E-state index in [0.717, 1.165) is 25.7 Å². The minimum atomic E-state index is -0.152. The lowest BCUT2D eigenvalue weighted by molar-refractivity contribution is -0.134. The first-order valence-electron chi connectivity index (χ1n) is 7.42. The molecule has 0 bridgehead atoms. The highest BCUT2D eigenvalue weighted by Gasteiger charge is 2.44. The number of hydrogen-bond acceptors (Lipinski definition) is 3. The number of hydrogen-bond donors (Lipinski definition) is 1. The molecule has 1 aromatic carbocycles. The molecule has 1 spiro atoms. The van der Waals surface area contributed by atoms with Crippen LogP contribution >= 0.6 is 11.6 Å². The predicted octanol–water partition coefficient (Wildman–Crippen LogP) is 3.53. The Labute approximate surface area is 129 Å². The third kappa shape index (κ3) is 2.64. The number of amides is 2. The van der Waals surface area contributed by atoms with Gasteiger partial charge in [-0.3, -0.25) is 9.59 Å². The highest BCUT2D eigenvalue weighted by Crippen LogP contribution is 2.46. The molecule has 0 aromatic heterocycles. The second-order valence-corrected chi connectivity index (χ2v) is 6.66. The van der Waals surface area contributed by atoms with Gasteiger partial charge in [-0.1, -0.05) is 30.9 Å². The molecule has 1 heterocycles. The lowest BCUT2D eigenvalue weighted by Crippen LogP contribution is -2.49. The van der Waals surface area contributed by atoms with E-state index in [4.69, 9.17) is 17.3 Å². The molecular formula is C16H19ClN2O2. The fraction of sp³-hybridized carbons (Fsp3) is 0.500. The maximum absolute atomic E-state index is 12.5. The summed E-state index contributed by atoms with van der Waals surface area (Å²) in [4.78, 5) is 26.3. The summed E-state index contributed by atoms with van der Waals surface area (Å²) in [6.45, 7) is 0. The van der Waals surface area contributed by atoms with Crippen molar-refractivity contribution in [3.8, 4) is 0 Å². The minimum Gasteiger partial charge on any atom is -0.399 e. The molecule has 0 atom stereocenters. The Bertz CT molecular complexity index is 574. The van der Waals surface area contributed by atoms with Gasteiger partial charge in [-0.2, -0.15) is 0 Å². The van der Waals surface area contributed by atoms with E-state index in [-0.39, 0.29) is 17.2 Å². The van der Waals surface area contributed by atoms with Crippen LogP contribution in [0.15, 0.2) is 18.2 Å². The number of nitrogens with two attached hydrogens (primary N) is 1. The first kappa shape index (κ1) is 14.4. The number of anilines is 2. The summed E-state index contributed by atoms with van der Waals surface area (Å²) in [5.41, 5.74) is 6.55. The average Bonchev–Trinajstić information content (AvgIpc) is 2.42. The van der Waals surface area contributed by atoms with Crippen molar-refractivity contribution in [2.75, 3.05) is 10.6 Å². The largest absolute Gasteiger partial charge is 0.399 e. The zero-order valence-corrected chi connectivity index (χ0v) is 12.7. The summed E-state index contributed by atoms with van der Waals surface area (Å²) >= 11 is 6.14. The molecule has 4 nitrogen and oxygen atoms in total. The number of benzene rings is 1. The van der Waals surface area contributed by atoms with Gasteiger partial charge in [-0.25, -0.2) is 4.90 Å². The number of nitrogen functional groups attached to an aromatic ring is 1. The second-order valence-electron chi connectivity index (χ2n) is 6.25. The molecule has 1 saturated carbocycles. The summed E-state index contributed by atoms with van der Waals surface area (Å²) in [7, 11) is 0. The SMILES string of the molecule is Nc1ccc(Cl)c(N2C(=O)CC3(CCCCC3)CC2=O)c1. The molecule has 1 aliphatic heterocycles. The Morgan fingerprint density at radius 3 is 2.29 bits per heavy atom. The van der Waals surface area contributed by atoms with Gasteiger partial charge in [0.05, 0.1) is 10.7 Å². The number of imide groups is 1. The summed E-state index contributed by atoms with van der Waals surface area (Å²) in [6.07, 6.45) is 6.24. The molecule has 1 aliphatic carbocycles. The van der Waals surface area contributed by atoms with Crippen LogP contribution in [0.1, 0.15) is 44.9 Å². The summed E-state index contributed by atoms with van der Waals surface area (Å²) in [5, 5.41) is 0.380. The monoisotopic (exact) mass is 306 g/mol. The molecule has 2 fully saturated rings. The van der Waals surface area contributed by atoms with Crippen LogP contribution in [0.5, 0.6) is 0 Å². The molecule has 21 heavy (non-hydrogen) atoms. The lowest BCUT2D eigenvalue weighted by Gasteiger charge is -2.42. The summed E-state index contributed by atoms with van der Waals surface area (Å²) < 4.78 is 0. The van der Waals surface area contributed by atoms with Crippen LogP contribution in [-0.2, 0) is 9.59 Å². The molecule has 1 aromatic rings. The lowest BCUT2D eigenvalue weighted by atomic mass is 9.67. The van der Waals surface area contributed by atoms with E-state index >= 15 is 0 Å². The fourth-order valence-corrected chi connectivity index (χ4v) is 3.83. The van der Waals surface area contributed by atoms with Crippen LogP contribution in [0.2, 0.25) is 5.02 Å². The van der Waals surface area contributed by atoms with E-state index in [2.05, 4.69) is 0 Å². The van der Waals surface area contributed by atoms with Gasteiger partial charge in [0.2, 0.25) is 11.8 Å². The fourth-order valence-electron chi connectivity index (χ4n) is 3.63. The zero-order valence-electron chi connectivity index (χ0n) is 11.9. The maximum Gasteiger partial charge on any atom is 0.234 e. The molecule has 1 saturated heterocycles. The third-order valence-corrected chi connectivity index (χ3v) is 5.00. The third-order valence-electron chi connectivity index (χ3n) is 4.68. The topological polar surface area (TPSA) is 63.4 Å². The predicted molar refractivity (Wildman–Crippen MR) is 83.1 cm³/mol. The smallest absolute Gasteiger partial charge is 0.234 e. The van der Waals surface area contributed by atoms with Gasteiger partial charge >= 0.3 is 0 Å². The molecule has 3 rings (SSSR count). The van der Waals surface area contributed by atoms with Gasteiger partial charge in [0.25, 0.3) is 0 Å². The Kier molecular flexibility index (Phi) is 3.66. The van der Waals surface area contributed by atoms with Crippen molar-refractivity contribution < 1.29 is 9.59 Å². The number of carbonyl (C=O) groups excluding carboxylic acids is 2. The highest BCUT2D eigenvalue weighted by molar-refractivity contribution is 6.35. The van der Waals surface area contributed by atoms with Crippen LogP contribution in [0.25, 0.3) is 0 Å². The number of halogens is 1. The molecule has 0 radical (unpaired) electrons. The van der Waals surface area contributed by atoms with Crippen molar-refractivity contribution >= 4 is 34.8 Å². The van der Waals surface area contributed by atoms with Crippen molar-refractivity contribution in [3.63, 3.8) is 0 Å². The van der Waals surface area contributed by atoms with Gasteiger partial charge in [-0.05, 0) is 36.5 Å². The summed E-state index contributed by atoms with van der Waals surface area (Å²) in [6, 6.07) is 4.88. The van der Waals surface area contributed by atoms with Crippen LogP contribution in [0.3, 0.4) is 0 Å². The van der Waals surface area contributed by atoms with Crippen LogP contribution in [-0.4, -0.2) is 11.8 Å². The molecule has 2 amide bonds. The van der Waals surface area contributed by atoms with Gasteiger partial charge in [0.1, 0.15) is 0 Å². The van der Waals surface area contributed by atoms with Gasteiger partial charge in [0, 0.05) is 18.5 Å². The van der Waals surface area contributed by atoms with Crippen molar-refractivity contribution in [1.29, 1.82) is 0 Å². The van der Waals surface area contributed by atoms with Gasteiger partial charge < -0.3 is 5.73 Å². The van der Waals surface area contributed by atoms with Crippen molar-refractivity contribution in [3.05, 3.63) is 23.2 Å². The van der Waals surface area contributed by atoms with Crippen LogP contribution in [0.4, 0.5) is 11.4 Å². The molecule has 5 heteroatoms. The zero-order chi connectivity index (χ0) is 15.0. The molecular weight excluding hydrogens is 288 g/mol. The van der Waals surface area contributed by atoms with Crippen molar-refractivity contribution in [2.24, 2.45) is 5.41 Å². The number of rotatable bonds is 1. The van der Waals surface area contributed by atoms with Gasteiger partial charge in [0.15, 0.2) is 0 Å². The Hall–Kier alpha value is -1.55. The number of nitrogens with zero attached hydrogens (tertiary/aromatic N) is 1. The van der Waals surface area contributed by atoms with E-state index in [1.807, 2.05) is 0 Å². The first-order chi connectivity index (χ1) is 10.0.